The van der Waals surface area contributed by atoms with E-state index in [1.165, 1.54) is 0 Å². The second-order valence-electron chi connectivity index (χ2n) is 4.36. The molecule has 0 aliphatic rings. The summed E-state index contributed by atoms with van der Waals surface area (Å²) in [6, 6.07) is 4.06. The topological polar surface area (TPSA) is 51.4 Å². The number of rotatable bonds is 7. The molecule has 2 N–H and O–H groups in total. The highest BCUT2D eigenvalue weighted by Crippen LogP contribution is 2.24. The summed E-state index contributed by atoms with van der Waals surface area (Å²) in [5, 5.41) is 0. The van der Waals surface area contributed by atoms with Gasteiger partial charge in [-0.15, -0.1) is 0 Å². The highest BCUT2D eigenvalue weighted by Gasteiger charge is 2.09. The maximum Gasteiger partial charge on any atom is 0.171 e. The molecule has 0 saturated heterocycles. The first-order chi connectivity index (χ1) is 8.15. The van der Waals surface area contributed by atoms with E-state index in [1.807, 2.05) is 26.1 Å². The summed E-state index contributed by atoms with van der Waals surface area (Å²) in [6.07, 6.45) is 3.73. The fourth-order valence-corrected chi connectivity index (χ4v) is 1.50. The minimum absolute atomic E-state index is 0.209. The normalized spacial score (nSPS) is 12.2. The van der Waals surface area contributed by atoms with E-state index in [1.54, 1.807) is 6.20 Å². The lowest BCUT2D eigenvalue weighted by Gasteiger charge is -2.21. The first-order valence-electron chi connectivity index (χ1n) is 6.19. The molecule has 0 fully saturated rings. The molecular formula is C13H23N3O. The molecule has 1 unspecified atom stereocenters. The smallest absolute Gasteiger partial charge is 0.171 e. The zero-order valence-electron chi connectivity index (χ0n) is 11.0. The Morgan fingerprint density at radius 3 is 2.94 bits per heavy atom. The highest BCUT2D eigenvalue weighted by molar-refractivity contribution is 5.51. The van der Waals surface area contributed by atoms with Crippen LogP contribution in [0.25, 0.3) is 0 Å². The number of aromatic nitrogens is 1. The summed E-state index contributed by atoms with van der Waals surface area (Å²) >= 11 is 0. The quantitative estimate of drug-likeness (QED) is 0.788. The molecule has 0 amide bonds. The van der Waals surface area contributed by atoms with Crippen molar-refractivity contribution in [2.24, 2.45) is 5.73 Å². The van der Waals surface area contributed by atoms with Crippen LogP contribution < -0.4 is 15.4 Å². The van der Waals surface area contributed by atoms with Crippen molar-refractivity contribution in [1.82, 2.24) is 4.98 Å². The van der Waals surface area contributed by atoms with Crippen LogP contribution in [0.5, 0.6) is 5.75 Å². The molecule has 0 spiro atoms. The number of nitrogens with zero attached hydrogens (tertiary/aromatic N) is 2. The van der Waals surface area contributed by atoms with E-state index >= 15 is 0 Å². The van der Waals surface area contributed by atoms with Crippen LogP contribution in [-0.2, 0) is 0 Å². The van der Waals surface area contributed by atoms with Gasteiger partial charge in [-0.3, -0.25) is 0 Å². The van der Waals surface area contributed by atoms with Crippen LogP contribution in [-0.4, -0.2) is 31.2 Å². The zero-order valence-corrected chi connectivity index (χ0v) is 11.0. The maximum absolute atomic E-state index is 5.76. The van der Waals surface area contributed by atoms with Crippen molar-refractivity contribution < 1.29 is 4.74 Å². The molecule has 0 saturated carbocycles. The van der Waals surface area contributed by atoms with Crippen LogP contribution in [0.15, 0.2) is 18.3 Å². The number of hydrogen-bond acceptors (Lipinski definition) is 4. The second kappa shape index (κ2) is 7.12. The average molecular weight is 237 g/mol. The Morgan fingerprint density at radius 2 is 2.29 bits per heavy atom. The lowest BCUT2D eigenvalue weighted by molar-refractivity contribution is 0.316. The second-order valence-corrected chi connectivity index (χ2v) is 4.36. The van der Waals surface area contributed by atoms with Crippen molar-refractivity contribution in [2.45, 2.75) is 32.7 Å². The van der Waals surface area contributed by atoms with Crippen molar-refractivity contribution in [3.8, 4) is 5.75 Å². The summed E-state index contributed by atoms with van der Waals surface area (Å²) in [5.41, 5.74) is 5.76. The molecule has 0 bridgehead atoms. The van der Waals surface area contributed by atoms with Crippen LogP contribution in [0, 0.1) is 0 Å². The number of hydrogen-bond donors (Lipinski definition) is 1. The van der Waals surface area contributed by atoms with Gasteiger partial charge in [0.05, 0.1) is 6.61 Å². The molecular weight excluding hydrogens is 214 g/mol. The third kappa shape index (κ3) is 4.61. The zero-order chi connectivity index (χ0) is 12.7. The van der Waals surface area contributed by atoms with E-state index in [9.17, 15) is 0 Å². The average Bonchev–Trinajstić information content (AvgIpc) is 2.33. The Hall–Kier alpha value is -1.29. The first kappa shape index (κ1) is 13.8. The molecule has 0 aliphatic heterocycles. The number of anilines is 1. The minimum Gasteiger partial charge on any atom is -0.490 e. The van der Waals surface area contributed by atoms with Crippen molar-refractivity contribution in [2.75, 3.05) is 25.1 Å². The van der Waals surface area contributed by atoms with E-state index in [2.05, 4.69) is 16.8 Å². The molecule has 17 heavy (non-hydrogen) atoms. The molecule has 0 aromatic carbocycles. The number of pyridine rings is 1. The van der Waals surface area contributed by atoms with E-state index in [4.69, 9.17) is 10.5 Å². The molecule has 0 radical (unpaired) electrons. The molecule has 4 nitrogen and oxygen atoms in total. The van der Waals surface area contributed by atoms with Gasteiger partial charge in [-0.2, -0.15) is 0 Å². The molecule has 1 atom stereocenters. The Balaban J connectivity index is 2.67. The lowest BCUT2D eigenvalue weighted by Crippen LogP contribution is -2.26. The Bertz CT molecular complexity index is 328. The molecule has 1 rings (SSSR count). The molecule has 1 aromatic heterocycles. The van der Waals surface area contributed by atoms with Crippen LogP contribution in [0.1, 0.15) is 26.7 Å². The highest BCUT2D eigenvalue weighted by atomic mass is 16.5. The summed E-state index contributed by atoms with van der Waals surface area (Å²) < 4.78 is 5.68. The summed E-state index contributed by atoms with van der Waals surface area (Å²) in [7, 11) is 2.02. The van der Waals surface area contributed by atoms with Crippen molar-refractivity contribution >= 4 is 5.82 Å². The summed E-state index contributed by atoms with van der Waals surface area (Å²) in [5.74, 6) is 1.74. The summed E-state index contributed by atoms with van der Waals surface area (Å²) in [4.78, 5) is 6.46. The van der Waals surface area contributed by atoms with E-state index < -0.39 is 0 Å². The number of ether oxygens (including phenoxy) is 1. The first-order valence-corrected chi connectivity index (χ1v) is 6.19. The van der Waals surface area contributed by atoms with Gasteiger partial charge in [0.25, 0.3) is 0 Å². The monoisotopic (exact) mass is 237 g/mol. The van der Waals surface area contributed by atoms with Crippen LogP contribution in [0.4, 0.5) is 5.82 Å². The molecule has 1 heterocycles. The fraction of sp³-hybridized carbons (Fsp3) is 0.615. The Morgan fingerprint density at radius 1 is 1.53 bits per heavy atom. The third-order valence-corrected chi connectivity index (χ3v) is 2.49. The lowest BCUT2D eigenvalue weighted by atomic mass is 10.2. The molecule has 1 aromatic rings. The van der Waals surface area contributed by atoms with Gasteiger partial charge < -0.3 is 15.4 Å². The standard InChI is InChI=1S/C13H23N3O/c1-4-10-17-12-6-5-8-15-13(12)16(3)9-7-11(2)14/h5-6,8,11H,4,7,9-10,14H2,1-3H3. The molecule has 4 heteroatoms. The van der Waals surface area contributed by atoms with E-state index in [-0.39, 0.29) is 6.04 Å². The van der Waals surface area contributed by atoms with Gasteiger partial charge in [0.2, 0.25) is 0 Å². The van der Waals surface area contributed by atoms with Gasteiger partial charge >= 0.3 is 0 Å². The van der Waals surface area contributed by atoms with E-state index in [0.717, 1.165) is 37.6 Å². The predicted octanol–water partition coefficient (Wildman–Crippen LogP) is 2.04. The van der Waals surface area contributed by atoms with Gasteiger partial charge in [-0.05, 0) is 31.9 Å². The Kier molecular flexibility index (Phi) is 5.77. The van der Waals surface area contributed by atoms with Gasteiger partial charge in [-0.1, -0.05) is 6.92 Å². The predicted molar refractivity (Wildman–Crippen MR) is 71.6 cm³/mol. The largest absolute Gasteiger partial charge is 0.490 e. The van der Waals surface area contributed by atoms with Gasteiger partial charge in [0.15, 0.2) is 11.6 Å². The Labute approximate surface area is 104 Å². The van der Waals surface area contributed by atoms with Crippen LogP contribution in [0.2, 0.25) is 0 Å². The van der Waals surface area contributed by atoms with Crippen LogP contribution in [0.3, 0.4) is 0 Å². The summed E-state index contributed by atoms with van der Waals surface area (Å²) in [6.45, 7) is 5.72. The minimum atomic E-state index is 0.209. The van der Waals surface area contributed by atoms with Gasteiger partial charge in [0.1, 0.15) is 0 Å². The third-order valence-electron chi connectivity index (χ3n) is 2.49. The molecule has 96 valence electrons. The van der Waals surface area contributed by atoms with Gasteiger partial charge in [0, 0.05) is 25.8 Å². The number of nitrogens with two attached hydrogens (primary N) is 1. The van der Waals surface area contributed by atoms with Crippen molar-refractivity contribution in [1.29, 1.82) is 0 Å². The molecule has 0 aliphatic carbocycles. The SMILES string of the molecule is CCCOc1cccnc1N(C)CCC(C)N. The van der Waals surface area contributed by atoms with Crippen molar-refractivity contribution in [3.63, 3.8) is 0 Å². The van der Waals surface area contributed by atoms with Crippen LogP contribution >= 0.6 is 0 Å². The van der Waals surface area contributed by atoms with Gasteiger partial charge in [-0.25, -0.2) is 4.98 Å². The maximum atomic E-state index is 5.76. The fourth-order valence-electron chi connectivity index (χ4n) is 1.50. The van der Waals surface area contributed by atoms with E-state index in [0.29, 0.717) is 0 Å². The van der Waals surface area contributed by atoms with Crippen molar-refractivity contribution in [3.05, 3.63) is 18.3 Å².